The highest BCUT2D eigenvalue weighted by atomic mass is 35.5. The molecule has 0 radical (unpaired) electrons. The van der Waals surface area contributed by atoms with Gasteiger partial charge in [-0.05, 0) is 46.4 Å². The molecule has 0 atom stereocenters. The number of halogens is 1. The molecule has 0 aromatic heterocycles. The van der Waals surface area contributed by atoms with Crippen LogP contribution in [0.5, 0.6) is 0 Å². The fourth-order valence-electron chi connectivity index (χ4n) is 4.13. The van der Waals surface area contributed by atoms with Crippen molar-refractivity contribution in [2.24, 2.45) is 0 Å². The minimum absolute atomic E-state index is 0.370. The zero-order valence-electron chi connectivity index (χ0n) is 15.1. The topological polar surface area (TPSA) is 47.9 Å². The van der Waals surface area contributed by atoms with Crippen molar-refractivity contribution in [1.82, 2.24) is 10.6 Å². The lowest BCUT2D eigenvalue weighted by Crippen LogP contribution is -2.46. The molecule has 1 saturated heterocycles. The number of hydrogen-bond acceptors (Lipinski definition) is 3. The van der Waals surface area contributed by atoms with E-state index in [0.29, 0.717) is 6.42 Å². The van der Waals surface area contributed by atoms with Crippen LogP contribution in [0.15, 0.2) is 60.7 Å². The van der Waals surface area contributed by atoms with Crippen molar-refractivity contribution in [3.63, 3.8) is 0 Å². The van der Waals surface area contributed by atoms with Crippen molar-refractivity contribution in [2.75, 3.05) is 13.1 Å². The highest BCUT2D eigenvalue weighted by Gasteiger charge is 2.36. The number of nitrogens with zero attached hydrogens (tertiary/aromatic N) is 1. The lowest BCUT2D eigenvalue weighted by molar-refractivity contribution is 0.350. The maximum absolute atomic E-state index is 9.38. The second-order valence-electron chi connectivity index (χ2n) is 7.00. The average molecular weight is 376 g/mol. The highest BCUT2D eigenvalue weighted by molar-refractivity contribution is 6.31. The lowest BCUT2D eigenvalue weighted by Gasteiger charge is -2.30. The van der Waals surface area contributed by atoms with E-state index < -0.39 is 5.66 Å². The third-order valence-electron chi connectivity index (χ3n) is 5.43. The summed E-state index contributed by atoms with van der Waals surface area (Å²) in [5.41, 5.74) is 3.02. The Morgan fingerprint density at radius 1 is 0.926 bits per heavy atom. The molecule has 2 N–H and O–H groups in total. The summed E-state index contributed by atoms with van der Waals surface area (Å²) in [7, 11) is 0. The molecule has 0 aliphatic carbocycles. The predicted molar refractivity (Wildman–Crippen MR) is 111 cm³/mol. The Morgan fingerprint density at radius 2 is 1.67 bits per heavy atom. The molecule has 3 aromatic carbocycles. The fourth-order valence-corrected chi connectivity index (χ4v) is 4.40. The molecule has 0 bridgehead atoms. The number of aryl methyl sites for hydroxylation is 1. The average Bonchev–Trinajstić information content (AvgIpc) is 3.17. The Kier molecular flexibility index (Phi) is 5.13. The summed E-state index contributed by atoms with van der Waals surface area (Å²) in [6, 6.07) is 23.3. The highest BCUT2D eigenvalue weighted by Crippen LogP contribution is 2.33. The normalized spacial score (nSPS) is 15.7. The van der Waals surface area contributed by atoms with Crippen LogP contribution >= 0.6 is 11.6 Å². The van der Waals surface area contributed by atoms with E-state index in [0.717, 1.165) is 42.1 Å². The second-order valence-corrected chi connectivity index (χ2v) is 7.41. The first kappa shape index (κ1) is 18.0. The molecule has 3 aromatic rings. The zero-order valence-corrected chi connectivity index (χ0v) is 15.9. The first-order valence-electron chi connectivity index (χ1n) is 9.35. The Bertz CT molecular complexity index is 995. The fraction of sp³-hybridized carbons (Fsp3) is 0.261. The molecule has 0 spiro atoms. The van der Waals surface area contributed by atoms with Gasteiger partial charge < -0.3 is 0 Å². The van der Waals surface area contributed by atoms with Gasteiger partial charge in [0.2, 0.25) is 0 Å². The maximum Gasteiger partial charge on any atom is 0.109 e. The molecule has 0 unspecified atom stereocenters. The van der Waals surface area contributed by atoms with Crippen LogP contribution in [0.25, 0.3) is 10.8 Å². The molecule has 1 aliphatic rings. The largest absolute Gasteiger partial charge is 0.293 e. The van der Waals surface area contributed by atoms with Gasteiger partial charge in [-0.2, -0.15) is 5.26 Å². The standard InChI is InChI=1S/C23H22ClN3/c24-22-10-4-9-21(23(13-14-25)26-15-16-27-23)20(22)12-11-18-7-3-6-17-5-1-2-8-19(17)18/h1-10,26-27H,11-13,15-16H2. The Morgan fingerprint density at radius 3 is 2.48 bits per heavy atom. The molecule has 4 rings (SSSR count). The van der Waals surface area contributed by atoms with Crippen LogP contribution in [0.2, 0.25) is 5.02 Å². The van der Waals surface area contributed by atoms with Gasteiger partial charge in [-0.15, -0.1) is 0 Å². The molecule has 1 fully saturated rings. The third kappa shape index (κ3) is 3.44. The quantitative estimate of drug-likeness (QED) is 0.688. The van der Waals surface area contributed by atoms with Crippen molar-refractivity contribution in [2.45, 2.75) is 24.9 Å². The van der Waals surface area contributed by atoms with Crippen LogP contribution in [-0.2, 0) is 18.5 Å². The van der Waals surface area contributed by atoms with Gasteiger partial charge in [0, 0.05) is 18.1 Å². The van der Waals surface area contributed by atoms with E-state index >= 15 is 0 Å². The smallest absolute Gasteiger partial charge is 0.109 e. The Balaban J connectivity index is 1.69. The van der Waals surface area contributed by atoms with Crippen molar-refractivity contribution < 1.29 is 0 Å². The Hall–Kier alpha value is -2.38. The van der Waals surface area contributed by atoms with Gasteiger partial charge >= 0.3 is 0 Å². The SMILES string of the molecule is N#CCC1(c2cccc(Cl)c2CCc2cccc3ccccc23)NCCN1. The van der Waals surface area contributed by atoms with Crippen molar-refractivity contribution in [1.29, 1.82) is 5.26 Å². The van der Waals surface area contributed by atoms with E-state index in [2.05, 4.69) is 65.2 Å². The van der Waals surface area contributed by atoms with Gasteiger partial charge in [-0.3, -0.25) is 10.6 Å². The van der Waals surface area contributed by atoms with E-state index in [4.69, 9.17) is 11.6 Å². The van der Waals surface area contributed by atoms with Gasteiger partial charge in [0.25, 0.3) is 0 Å². The number of benzene rings is 3. The number of nitriles is 1. The molecular weight excluding hydrogens is 354 g/mol. The van der Waals surface area contributed by atoms with Crippen LogP contribution in [0.4, 0.5) is 0 Å². The summed E-state index contributed by atoms with van der Waals surface area (Å²) in [6.45, 7) is 1.69. The molecule has 136 valence electrons. The summed E-state index contributed by atoms with van der Waals surface area (Å²) in [4.78, 5) is 0. The zero-order chi connectivity index (χ0) is 18.7. The lowest BCUT2D eigenvalue weighted by atomic mass is 9.89. The molecular formula is C23H22ClN3. The summed E-state index contributed by atoms with van der Waals surface area (Å²) in [5.74, 6) is 0. The van der Waals surface area contributed by atoms with Crippen LogP contribution in [0.3, 0.4) is 0 Å². The second kappa shape index (κ2) is 7.70. The van der Waals surface area contributed by atoms with Crippen LogP contribution in [0.1, 0.15) is 23.1 Å². The van der Waals surface area contributed by atoms with E-state index in [9.17, 15) is 5.26 Å². The van der Waals surface area contributed by atoms with E-state index in [1.165, 1.54) is 16.3 Å². The van der Waals surface area contributed by atoms with Gasteiger partial charge in [-0.1, -0.05) is 66.2 Å². The molecule has 27 heavy (non-hydrogen) atoms. The van der Waals surface area contributed by atoms with Gasteiger partial charge in [0.15, 0.2) is 0 Å². The van der Waals surface area contributed by atoms with Crippen LogP contribution < -0.4 is 10.6 Å². The van der Waals surface area contributed by atoms with E-state index in [-0.39, 0.29) is 0 Å². The molecule has 1 heterocycles. The van der Waals surface area contributed by atoms with Crippen LogP contribution in [-0.4, -0.2) is 13.1 Å². The monoisotopic (exact) mass is 375 g/mol. The Labute approximate surface area is 165 Å². The summed E-state index contributed by atoms with van der Waals surface area (Å²) in [6.07, 6.45) is 2.11. The third-order valence-corrected chi connectivity index (χ3v) is 5.78. The maximum atomic E-state index is 9.38. The van der Waals surface area contributed by atoms with Gasteiger partial charge in [0.05, 0.1) is 12.5 Å². The number of hydrogen-bond donors (Lipinski definition) is 2. The molecule has 0 amide bonds. The molecule has 1 aliphatic heterocycles. The van der Waals surface area contributed by atoms with Gasteiger partial charge in [0.1, 0.15) is 5.66 Å². The first-order chi connectivity index (χ1) is 13.2. The number of rotatable bonds is 5. The minimum atomic E-state index is -0.506. The minimum Gasteiger partial charge on any atom is -0.293 e. The summed E-state index contributed by atoms with van der Waals surface area (Å²) < 4.78 is 0. The molecule has 0 saturated carbocycles. The number of fused-ring (bicyclic) bond motifs is 1. The van der Waals surface area contributed by atoms with Crippen LogP contribution in [0, 0.1) is 11.3 Å². The van der Waals surface area contributed by atoms with Crippen molar-refractivity contribution in [3.05, 3.63) is 82.4 Å². The van der Waals surface area contributed by atoms with Crippen molar-refractivity contribution in [3.8, 4) is 6.07 Å². The predicted octanol–water partition coefficient (Wildman–Crippen LogP) is 4.54. The summed E-state index contributed by atoms with van der Waals surface area (Å²) >= 11 is 6.62. The number of nitrogens with one attached hydrogen (secondary N) is 2. The van der Waals surface area contributed by atoms with Gasteiger partial charge in [-0.25, -0.2) is 0 Å². The molecule has 3 nitrogen and oxygen atoms in total. The first-order valence-corrected chi connectivity index (χ1v) is 9.73. The summed E-state index contributed by atoms with van der Waals surface area (Å²) in [5, 5.41) is 19.7. The van der Waals surface area contributed by atoms with E-state index in [1.807, 2.05) is 12.1 Å². The van der Waals surface area contributed by atoms with E-state index in [1.54, 1.807) is 0 Å². The molecule has 4 heteroatoms. The van der Waals surface area contributed by atoms with Crippen molar-refractivity contribution >= 4 is 22.4 Å².